The monoisotopic (exact) mass is 732 g/mol. The van der Waals surface area contributed by atoms with Crippen molar-refractivity contribution in [1.29, 1.82) is 0 Å². The molecule has 6 aromatic carbocycles. The summed E-state index contributed by atoms with van der Waals surface area (Å²) in [7, 11) is 0. The van der Waals surface area contributed by atoms with E-state index in [9.17, 15) is 0 Å². The first-order valence-electron chi connectivity index (χ1n) is 18.7. The van der Waals surface area contributed by atoms with Gasteiger partial charge in [-0.2, -0.15) is 5.10 Å². The van der Waals surface area contributed by atoms with Gasteiger partial charge in [-0.25, -0.2) is 9.67 Å². The zero-order valence-electron chi connectivity index (χ0n) is 31.9. The lowest BCUT2D eigenvalue weighted by Crippen LogP contribution is -2.01. The summed E-state index contributed by atoms with van der Waals surface area (Å²) >= 11 is 0. The number of hydrogen-bond donors (Lipinski definition) is 0. The molecule has 7 heteroatoms. The van der Waals surface area contributed by atoms with Crippen molar-refractivity contribution in [3.05, 3.63) is 180 Å². The summed E-state index contributed by atoms with van der Waals surface area (Å²) in [5.41, 5.74) is 9.73. The van der Waals surface area contributed by atoms with Gasteiger partial charge < -0.3 is 14.2 Å². The van der Waals surface area contributed by atoms with Gasteiger partial charge in [0.05, 0.1) is 28.0 Å². The minimum atomic E-state index is 0.694. The van der Waals surface area contributed by atoms with Gasteiger partial charge in [0.1, 0.15) is 40.3 Å². The third-order valence-electron chi connectivity index (χ3n) is 10.1. The lowest BCUT2D eigenvalue weighted by Gasteiger charge is -2.21. The molecule has 0 saturated heterocycles. The van der Waals surface area contributed by atoms with Gasteiger partial charge in [-0.3, -0.25) is 4.57 Å². The Bertz CT molecular complexity index is 2830. The Kier molecular flexibility index (Phi) is 8.82. The van der Waals surface area contributed by atoms with Crippen LogP contribution in [-0.4, -0.2) is 19.3 Å². The van der Waals surface area contributed by atoms with Gasteiger partial charge in [-0.05, 0) is 124 Å². The molecule has 0 aliphatic carbocycles. The Morgan fingerprint density at radius 1 is 0.482 bits per heavy atom. The van der Waals surface area contributed by atoms with E-state index < -0.39 is 0 Å². The first-order chi connectivity index (χ1) is 27.3. The fourth-order valence-corrected chi connectivity index (χ4v) is 7.63. The zero-order valence-corrected chi connectivity index (χ0v) is 31.9. The summed E-state index contributed by atoms with van der Waals surface area (Å²) in [6.07, 6.45) is 1.86. The van der Waals surface area contributed by atoms with Crippen LogP contribution in [0.4, 0.5) is 0 Å². The molecule has 0 N–H and O–H groups in total. The van der Waals surface area contributed by atoms with Crippen molar-refractivity contribution in [2.24, 2.45) is 0 Å². The highest BCUT2D eigenvalue weighted by Crippen LogP contribution is 2.48. The Labute approximate surface area is 326 Å². The van der Waals surface area contributed by atoms with E-state index in [1.54, 1.807) is 0 Å². The molecule has 7 nitrogen and oxygen atoms in total. The largest absolute Gasteiger partial charge is 0.457 e. The molecule has 0 bridgehead atoms. The molecule has 0 aliphatic rings. The second-order valence-electron chi connectivity index (χ2n) is 14.2. The van der Waals surface area contributed by atoms with Crippen LogP contribution >= 0.6 is 0 Å². The lowest BCUT2D eigenvalue weighted by atomic mass is 9.95. The highest BCUT2D eigenvalue weighted by molar-refractivity contribution is 6.09. The van der Waals surface area contributed by atoms with Crippen molar-refractivity contribution >= 4 is 21.8 Å². The zero-order chi connectivity index (χ0) is 38.3. The van der Waals surface area contributed by atoms with E-state index in [2.05, 4.69) is 80.8 Å². The van der Waals surface area contributed by atoms with Crippen molar-refractivity contribution in [3.63, 3.8) is 0 Å². The molecule has 56 heavy (non-hydrogen) atoms. The fraction of sp³-hybridized carbons (Fsp3) is 0.102. The molecule has 0 amide bonds. The molecule has 0 spiro atoms. The molecule has 3 aromatic heterocycles. The Morgan fingerprint density at radius 3 is 1.80 bits per heavy atom. The summed E-state index contributed by atoms with van der Waals surface area (Å²) in [4.78, 5) is 4.74. The molecule has 274 valence electrons. The highest BCUT2D eigenvalue weighted by atomic mass is 16.5. The molecule has 0 saturated carbocycles. The normalized spacial score (nSPS) is 11.3. The van der Waals surface area contributed by atoms with E-state index in [0.29, 0.717) is 5.75 Å². The standard InChI is InChI=1S/C49H40N4O3/c1-31-25-26-50-45(27-31)52-43-22-13-12-21-41(43)42-24-23-40(30-44(42)52)54-39-20-14-15-36(29-39)53-35(5)46(34(4)51-53)47-48(55-37-16-8-6-9-17-37)32(2)28-33(3)49(47)56-38-18-10-7-11-19-38/h6-30H,1-5H3. The van der Waals surface area contributed by atoms with Crippen LogP contribution in [0.25, 0.3) is 44.4 Å². The van der Waals surface area contributed by atoms with Crippen LogP contribution in [0.5, 0.6) is 34.5 Å². The molecule has 0 fully saturated rings. The summed E-state index contributed by atoms with van der Waals surface area (Å²) < 4.78 is 24.2. The molecule has 9 rings (SSSR count). The van der Waals surface area contributed by atoms with Gasteiger partial charge in [0.25, 0.3) is 0 Å². The molecular formula is C49H40N4O3. The number of fused-ring (bicyclic) bond motifs is 3. The third-order valence-corrected chi connectivity index (χ3v) is 10.1. The van der Waals surface area contributed by atoms with Gasteiger partial charge in [-0.15, -0.1) is 0 Å². The summed E-state index contributed by atoms with van der Waals surface area (Å²) in [6.45, 7) is 10.4. The summed E-state index contributed by atoms with van der Waals surface area (Å²) in [5, 5.41) is 7.42. The van der Waals surface area contributed by atoms with E-state index in [1.807, 2.05) is 115 Å². The number of para-hydroxylation sites is 3. The van der Waals surface area contributed by atoms with Crippen molar-refractivity contribution in [2.45, 2.75) is 34.6 Å². The second kappa shape index (κ2) is 14.3. The predicted molar refractivity (Wildman–Crippen MR) is 224 cm³/mol. The minimum absolute atomic E-state index is 0.694. The number of aromatic nitrogens is 4. The van der Waals surface area contributed by atoms with E-state index in [-0.39, 0.29) is 0 Å². The number of ether oxygens (including phenoxy) is 3. The number of rotatable bonds is 9. The Morgan fingerprint density at radius 2 is 1.11 bits per heavy atom. The van der Waals surface area contributed by atoms with Crippen LogP contribution in [0.3, 0.4) is 0 Å². The van der Waals surface area contributed by atoms with Crippen molar-refractivity contribution in [3.8, 4) is 57.1 Å². The van der Waals surface area contributed by atoms with Crippen molar-refractivity contribution in [1.82, 2.24) is 19.3 Å². The fourth-order valence-electron chi connectivity index (χ4n) is 7.63. The van der Waals surface area contributed by atoms with Gasteiger partial charge in [0, 0.05) is 40.4 Å². The number of nitrogens with zero attached hydrogens (tertiary/aromatic N) is 4. The number of hydrogen-bond acceptors (Lipinski definition) is 5. The van der Waals surface area contributed by atoms with E-state index in [1.165, 1.54) is 0 Å². The van der Waals surface area contributed by atoms with Crippen LogP contribution in [0.15, 0.2) is 152 Å². The Balaban J connectivity index is 1.12. The van der Waals surface area contributed by atoms with Crippen molar-refractivity contribution < 1.29 is 14.2 Å². The summed E-state index contributed by atoms with van der Waals surface area (Å²) in [5.74, 6) is 5.23. The molecule has 0 unspecified atom stereocenters. The number of benzene rings is 6. The van der Waals surface area contributed by atoms with Crippen LogP contribution < -0.4 is 14.2 Å². The van der Waals surface area contributed by atoms with Crippen LogP contribution in [0.2, 0.25) is 0 Å². The first-order valence-corrected chi connectivity index (χ1v) is 18.7. The predicted octanol–water partition coefficient (Wildman–Crippen LogP) is 13.0. The van der Waals surface area contributed by atoms with Crippen LogP contribution in [0.1, 0.15) is 28.1 Å². The maximum absolute atomic E-state index is 6.69. The van der Waals surface area contributed by atoms with Gasteiger partial charge >= 0.3 is 0 Å². The molecule has 0 atom stereocenters. The summed E-state index contributed by atoms with van der Waals surface area (Å²) in [6, 6.07) is 48.7. The maximum Gasteiger partial charge on any atom is 0.142 e. The third kappa shape index (κ3) is 6.33. The average Bonchev–Trinajstić information content (AvgIpc) is 3.70. The maximum atomic E-state index is 6.69. The van der Waals surface area contributed by atoms with Gasteiger partial charge in [-0.1, -0.05) is 60.7 Å². The van der Waals surface area contributed by atoms with E-state index in [4.69, 9.17) is 24.3 Å². The van der Waals surface area contributed by atoms with Crippen LogP contribution in [-0.2, 0) is 0 Å². The van der Waals surface area contributed by atoms with Gasteiger partial charge in [0.2, 0.25) is 0 Å². The highest BCUT2D eigenvalue weighted by Gasteiger charge is 2.26. The first kappa shape index (κ1) is 34.6. The lowest BCUT2D eigenvalue weighted by molar-refractivity contribution is 0.458. The molecule has 9 aromatic rings. The molecule has 0 aliphatic heterocycles. The SMILES string of the molecule is Cc1ccnc(-n2c3ccccc3c3ccc(Oc4cccc(-n5nc(C)c(-c6c(Oc7ccccc7)c(C)cc(C)c6Oc6ccccc6)c5C)c4)cc32)c1. The number of aryl methyl sites for hydroxylation is 4. The minimum Gasteiger partial charge on any atom is -0.457 e. The quantitative estimate of drug-likeness (QED) is 0.148. The molecule has 3 heterocycles. The average molecular weight is 733 g/mol. The second-order valence-corrected chi connectivity index (χ2v) is 14.2. The van der Waals surface area contributed by atoms with Crippen molar-refractivity contribution in [2.75, 3.05) is 0 Å². The molecule has 0 radical (unpaired) electrons. The van der Waals surface area contributed by atoms with Crippen LogP contribution in [0, 0.1) is 34.6 Å². The number of pyridine rings is 1. The Hall–Kier alpha value is -7.12. The van der Waals surface area contributed by atoms with E-state index in [0.717, 1.165) is 101 Å². The molecular weight excluding hydrogens is 693 g/mol. The van der Waals surface area contributed by atoms with E-state index >= 15 is 0 Å². The smallest absolute Gasteiger partial charge is 0.142 e. The van der Waals surface area contributed by atoms with Gasteiger partial charge in [0.15, 0.2) is 0 Å². The topological polar surface area (TPSA) is 63.3 Å².